The number of carbonyl (C=O) groups excluding carboxylic acids is 5. The predicted molar refractivity (Wildman–Crippen MR) is 142 cm³/mol. The van der Waals surface area contributed by atoms with E-state index in [9.17, 15) is 24.0 Å². The minimum absolute atomic E-state index is 0.127. The number of nitrogens with one attached hydrogen (secondary N) is 4. The van der Waals surface area contributed by atoms with E-state index in [1.165, 1.54) is 6.92 Å². The summed E-state index contributed by atoms with van der Waals surface area (Å²) in [4.78, 5) is 65.7. The lowest BCUT2D eigenvalue weighted by atomic mass is 9.94. The van der Waals surface area contributed by atoms with Gasteiger partial charge in [0.15, 0.2) is 5.78 Å². The zero-order valence-corrected chi connectivity index (χ0v) is 22.8. The highest BCUT2D eigenvalue weighted by molar-refractivity contribution is 5.98. The van der Waals surface area contributed by atoms with Crippen molar-refractivity contribution in [2.75, 3.05) is 46.0 Å². The molecule has 3 rings (SSSR count). The quantitative estimate of drug-likeness (QED) is 0.215. The highest BCUT2D eigenvalue weighted by atomic mass is 16.6. The van der Waals surface area contributed by atoms with Crippen molar-refractivity contribution in [3.05, 3.63) is 35.9 Å². The van der Waals surface area contributed by atoms with E-state index in [1.807, 2.05) is 35.2 Å². The normalized spacial score (nSPS) is 21.1. The Morgan fingerprint density at radius 3 is 2.21 bits per heavy atom. The number of rotatable bonds is 14. The second-order valence-corrected chi connectivity index (χ2v) is 10.0. The van der Waals surface area contributed by atoms with Gasteiger partial charge in [-0.2, -0.15) is 0 Å². The van der Waals surface area contributed by atoms with E-state index >= 15 is 0 Å². The van der Waals surface area contributed by atoms with Crippen molar-refractivity contribution in [2.45, 2.75) is 57.3 Å². The van der Waals surface area contributed by atoms with Crippen molar-refractivity contribution >= 4 is 29.4 Å². The van der Waals surface area contributed by atoms with Crippen LogP contribution in [-0.2, 0) is 39.9 Å². The van der Waals surface area contributed by atoms with Crippen molar-refractivity contribution in [1.29, 1.82) is 0 Å². The van der Waals surface area contributed by atoms with Crippen LogP contribution < -0.4 is 21.3 Å². The number of hydrogen-bond acceptors (Lipinski definition) is 8. The maximum Gasteiger partial charge on any atom is 0.245 e. The van der Waals surface area contributed by atoms with Gasteiger partial charge in [-0.3, -0.25) is 28.9 Å². The lowest BCUT2D eigenvalue weighted by Gasteiger charge is -2.27. The zero-order valence-electron chi connectivity index (χ0n) is 22.8. The minimum Gasteiger partial charge on any atom is -0.379 e. The van der Waals surface area contributed by atoms with Crippen LogP contribution in [-0.4, -0.2) is 104 Å². The predicted octanol–water partition coefficient (Wildman–Crippen LogP) is -1.08. The SMILES string of the molecule is CCC(=O)NC[C@H](NC(=O)[C@H](C)NC(=O)CN1CCOCC1)C(=O)N[C@@H](Cc1ccccc1)C(=O)[C@@]1(C)CO1. The Morgan fingerprint density at radius 1 is 0.949 bits per heavy atom. The third kappa shape index (κ3) is 9.41. The van der Waals surface area contributed by atoms with Gasteiger partial charge in [-0.25, -0.2) is 0 Å². The maximum absolute atomic E-state index is 13.4. The van der Waals surface area contributed by atoms with Gasteiger partial charge in [0.05, 0.1) is 32.4 Å². The molecule has 214 valence electrons. The lowest BCUT2D eigenvalue weighted by molar-refractivity contribution is -0.134. The molecule has 0 bridgehead atoms. The molecule has 2 aliphatic heterocycles. The van der Waals surface area contributed by atoms with Gasteiger partial charge in [0.25, 0.3) is 0 Å². The van der Waals surface area contributed by atoms with Gasteiger partial charge in [-0.1, -0.05) is 37.3 Å². The van der Waals surface area contributed by atoms with E-state index in [2.05, 4.69) is 21.3 Å². The molecule has 0 saturated carbocycles. The summed E-state index contributed by atoms with van der Waals surface area (Å²) in [5.74, 6) is -2.13. The number of ether oxygens (including phenoxy) is 2. The molecule has 0 aromatic heterocycles. The number of benzene rings is 1. The molecular formula is C27H39N5O7. The molecule has 12 heteroatoms. The molecule has 0 unspecified atom stereocenters. The summed E-state index contributed by atoms with van der Waals surface area (Å²) >= 11 is 0. The van der Waals surface area contributed by atoms with Crippen molar-refractivity contribution in [3.63, 3.8) is 0 Å². The van der Waals surface area contributed by atoms with Crippen LogP contribution in [0.5, 0.6) is 0 Å². The number of epoxide rings is 1. The molecule has 2 heterocycles. The zero-order chi connectivity index (χ0) is 28.4. The number of hydrogen-bond donors (Lipinski definition) is 4. The summed E-state index contributed by atoms with van der Waals surface area (Å²) in [5, 5.41) is 10.6. The van der Waals surface area contributed by atoms with Crippen molar-refractivity contribution < 1.29 is 33.4 Å². The van der Waals surface area contributed by atoms with Crippen LogP contribution in [0, 0.1) is 0 Å². The van der Waals surface area contributed by atoms with Crippen LogP contribution >= 0.6 is 0 Å². The number of carbonyl (C=O) groups is 5. The van der Waals surface area contributed by atoms with Crippen LogP contribution in [0.3, 0.4) is 0 Å². The fourth-order valence-electron chi connectivity index (χ4n) is 4.11. The van der Waals surface area contributed by atoms with Crippen LogP contribution in [0.1, 0.15) is 32.8 Å². The van der Waals surface area contributed by atoms with Crippen LogP contribution in [0.15, 0.2) is 30.3 Å². The molecular weight excluding hydrogens is 506 g/mol. The maximum atomic E-state index is 13.4. The smallest absolute Gasteiger partial charge is 0.245 e. The Hall–Kier alpha value is -3.35. The highest BCUT2D eigenvalue weighted by Gasteiger charge is 2.50. The Bertz CT molecular complexity index is 1020. The minimum atomic E-state index is -1.18. The van der Waals surface area contributed by atoms with Crippen LogP contribution in [0.4, 0.5) is 0 Å². The second kappa shape index (κ2) is 14.2. The molecule has 2 saturated heterocycles. The molecule has 2 fully saturated rings. The third-order valence-electron chi connectivity index (χ3n) is 6.71. The first kappa shape index (κ1) is 30.2. The Balaban J connectivity index is 1.65. The number of morpholine rings is 1. The van der Waals surface area contributed by atoms with Gasteiger partial charge in [-0.15, -0.1) is 0 Å². The molecule has 1 aromatic rings. The van der Waals surface area contributed by atoms with Gasteiger partial charge in [0.2, 0.25) is 23.6 Å². The average Bonchev–Trinajstić information content (AvgIpc) is 3.69. The van der Waals surface area contributed by atoms with Gasteiger partial charge in [-0.05, 0) is 25.8 Å². The first-order chi connectivity index (χ1) is 18.6. The van der Waals surface area contributed by atoms with Crippen molar-refractivity contribution in [2.24, 2.45) is 0 Å². The Kier molecular flexibility index (Phi) is 11.0. The molecule has 4 N–H and O–H groups in total. The van der Waals surface area contributed by atoms with Crippen LogP contribution in [0.2, 0.25) is 0 Å². The van der Waals surface area contributed by atoms with Gasteiger partial charge < -0.3 is 30.7 Å². The molecule has 12 nitrogen and oxygen atoms in total. The summed E-state index contributed by atoms with van der Waals surface area (Å²) in [6.07, 6.45) is 0.432. The van der Waals surface area contributed by atoms with E-state index in [4.69, 9.17) is 9.47 Å². The van der Waals surface area contributed by atoms with E-state index in [-0.39, 0.29) is 50.1 Å². The summed E-state index contributed by atoms with van der Waals surface area (Å²) in [6, 6.07) is 6.22. The Labute approximate surface area is 228 Å². The largest absolute Gasteiger partial charge is 0.379 e. The molecule has 0 aliphatic carbocycles. The number of Topliss-reactive ketones (excluding diaryl/α,β-unsaturated/α-hetero) is 1. The topological polar surface area (TPSA) is 158 Å². The average molecular weight is 546 g/mol. The molecule has 4 atom stereocenters. The van der Waals surface area contributed by atoms with E-state index in [0.29, 0.717) is 26.3 Å². The first-order valence-corrected chi connectivity index (χ1v) is 13.3. The van der Waals surface area contributed by atoms with E-state index < -0.39 is 35.5 Å². The van der Waals surface area contributed by atoms with E-state index in [0.717, 1.165) is 5.56 Å². The molecule has 2 aliphatic rings. The summed E-state index contributed by atoms with van der Waals surface area (Å²) < 4.78 is 10.6. The summed E-state index contributed by atoms with van der Waals surface area (Å²) in [7, 11) is 0. The van der Waals surface area contributed by atoms with Crippen LogP contribution in [0.25, 0.3) is 0 Å². The fourth-order valence-corrected chi connectivity index (χ4v) is 4.11. The standard InChI is InChI=1S/C27H39N5O7/c1-4-22(33)28-15-21(31-25(36)18(2)29-23(34)16-32-10-12-38-13-11-32)26(37)30-20(24(35)27(3)17-39-27)14-19-8-6-5-7-9-19/h5-9,18,20-21H,4,10-17H2,1-3H3,(H,28,33)(H,29,34)(H,30,37)(H,31,36)/t18-,20-,21-,27+/m0/s1. The monoisotopic (exact) mass is 545 g/mol. The van der Waals surface area contributed by atoms with Crippen molar-refractivity contribution in [1.82, 2.24) is 26.2 Å². The van der Waals surface area contributed by atoms with Gasteiger partial charge in [0.1, 0.15) is 17.7 Å². The second-order valence-electron chi connectivity index (χ2n) is 10.0. The van der Waals surface area contributed by atoms with Crippen molar-refractivity contribution in [3.8, 4) is 0 Å². The van der Waals surface area contributed by atoms with Gasteiger partial charge in [0, 0.05) is 26.1 Å². The molecule has 0 spiro atoms. The lowest BCUT2D eigenvalue weighted by Crippen LogP contribution is -2.59. The fraction of sp³-hybridized carbons (Fsp3) is 0.593. The molecule has 39 heavy (non-hydrogen) atoms. The number of amides is 4. The Morgan fingerprint density at radius 2 is 1.59 bits per heavy atom. The highest BCUT2D eigenvalue weighted by Crippen LogP contribution is 2.29. The summed E-state index contributed by atoms with van der Waals surface area (Å²) in [6.45, 7) is 7.40. The first-order valence-electron chi connectivity index (χ1n) is 13.3. The van der Waals surface area contributed by atoms with E-state index in [1.54, 1.807) is 13.8 Å². The number of ketones is 1. The number of nitrogens with zero attached hydrogens (tertiary/aromatic N) is 1. The van der Waals surface area contributed by atoms with Gasteiger partial charge >= 0.3 is 0 Å². The third-order valence-corrected chi connectivity index (χ3v) is 6.71. The molecule has 4 amide bonds. The molecule has 0 radical (unpaired) electrons. The summed E-state index contributed by atoms with van der Waals surface area (Å²) in [5.41, 5.74) is -0.127. The molecule has 1 aromatic carbocycles.